The summed E-state index contributed by atoms with van der Waals surface area (Å²) in [5, 5.41) is 69.8. The van der Waals surface area contributed by atoms with Gasteiger partial charge >= 0.3 is 5.97 Å². The first kappa shape index (κ1) is 26.0. The lowest BCUT2D eigenvalue weighted by atomic mass is 9.99. The molecule has 2 heterocycles. The first-order valence-electron chi connectivity index (χ1n) is 11.1. The first-order valence-corrected chi connectivity index (χ1v) is 11.1. The maximum absolute atomic E-state index is 12.8. The summed E-state index contributed by atoms with van der Waals surface area (Å²) >= 11 is 0. The maximum Gasteiger partial charge on any atom is 0.335 e. The standard InChI is InChI=1S/C24H24O13/c1-2-5-34-13-4-3-9(6-11(13)25)21-18(29)16(27)15-12(26)7-10(8-14(15)36-21)35-24-20(31)17(28)19(30)22(37-24)23(32)33/h3-4,6-8,17,19-20,22,24-26,28-31H,2,5H2,1H3,(H,32,33)/t17-,19-,20+,22-,24+/m0/s1. The summed E-state index contributed by atoms with van der Waals surface area (Å²) < 4.78 is 21.5. The molecule has 0 bridgehead atoms. The first-order chi connectivity index (χ1) is 17.5. The van der Waals surface area contributed by atoms with Gasteiger partial charge in [-0.05, 0) is 24.6 Å². The average Bonchev–Trinajstić information content (AvgIpc) is 2.85. The molecule has 1 aromatic heterocycles. The Morgan fingerprint density at radius 3 is 2.38 bits per heavy atom. The molecule has 0 saturated carbocycles. The summed E-state index contributed by atoms with van der Waals surface area (Å²) in [7, 11) is 0. The number of aliphatic carboxylic acids is 1. The number of carboxylic acids is 1. The number of carboxylic acid groups (broad SMARTS) is 1. The molecule has 4 rings (SSSR count). The summed E-state index contributed by atoms with van der Waals surface area (Å²) in [5.41, 5.74) is -1.17. The van der Waals surface area contributed by atoms with Gasteiger partial charge in [-0.25, -0.2) is 4.79 Å². The fraction of sp³-hybridized carbons (Fsp3) is 0.333. The molecule has 1 fully saturated rings. The smallest absolute Gasteiger partial charge is 0.335 e. The molecule has 7 N–H and O–H groups in total. The molecule has 0 unspecified atom stereocenters. The number of phenols is 2. The minimum absolute atomic E-state index is 0.108. The fourth-order valence-electron chi connectivity index (χ4n) is 3.80. The summed E-state index contributed by atoms with van der Waals surface area (Å²) in [6.07, 6.45) is -8.73. The predicted octanol–water partition coefficient (Wildman–Crippen LogP) is 0.637. The van der Waals surface area contributed by atoms with Gasteiger partial charge in [-0.1, -0.05) is 6.92 Å². The Balaban J connectivity index is 1.73. The van der Waals surface area contributed by atoms with Crippen molar-refractivity contribution in [1.29, 1.82) is 0 Å². The summed E-state index contributed by atoms with van der Waals surface area (Å²) in [6, 6.07) is 6.08. The number of hydrogen-bond acceptors (Lipinski definition) is 12. The van der Waals surface area contributed by atoms with Crippen LogP contribution in [0.2, 0.25) is 0 Å². The largest absolute Gasteiger partial charge is 0.507 e. The van der Waals surface area contributed by atoms with Gasteiger partial charge in [0.05, 0.1) is 6.61 Å². The highest BCUT2D eigenvalue weighted by Crippen LogP contribution is 2.39. The van der Waals surface area contributed by atoms with Gasteiger partial charge < -0.3 is 54.4 Å². The lowest BCUT2D eigenvalue weighted by molar-refractivity contribution is -0.271. The third-order valence-corrected chi connectivity index (χ3v) is 5.67. The van der Waals surface area contributed by atoms with Crippen LogP contribution in [0.4, 0.5) is 0 Å². The van der Waals surface area contributed by atoms with E-state index in [1.807, 2.05) is 6.92 Å². The fourth-order valence-corrected chi connectivity index (χ4v) is 3.80. The van der Waals surface area contributed by atoms with Gasteiger partial charge in [-0.3, -0.25) is 4.79 Å². The van der Waals surface area contributed by atoms with E-state index in [9.17, 15) is 45.3 Å². The van der Waals surface area contributed by atoms with Crippen molar-refractivity contribution in [2.24, 2.45) is 0 Å². The van der Waals surface area contributed by atoms with E-state index < -0.39 is 59.0 Å². The van der Waals surface area contributed by atoms with Gasteiger partial charge in [0.25, 0.3) is 0 Å². The van der Waals surface area contributed by atoms with Crippen molar-refractivity contribution in [3.63, 3.8) is 0 Å². The molecule has 2 aromatic carbocycles. The third kappa shape index (κ3) is 4.84. The molecular weight excluding hydrogens is 496 g/mol. The zero-order valence-corrected chi connectivity index (χ0v) is 19.3. The normalized spacial score (nSPS) is 23.6. The second-order valence-electron chi connectivity index (χ2n) is 8.31. The zero-order valence-electron chi connectivity index (χ0n) is 19.3. The average molecular weight is 520 g/mol. The van der Waals surface area contributed by atoms with Crippen LogP contribution in [0.3, 0.4) is 0 Å². The highest BCUT2D eigenvalue weighted by Gasteiger charge is 2.48. The maximum atomic E-state index is 12.8. The number of fused-ring (bicyclic) bond motifs is 1. The van der Waals surface area contributed by atoms with Crippen LogP contribution in [0.15, 0.2) is 39.5 Å². The van der Waals surface area contributed by atoms with E-state index in [4.69, 9.17) is 18.6 Å². The number of aromatic hydroxyl groups is 3. The second-order valence-corrected chi connectivity index (χ2v) is 8.31. The molecule has 0 radical (unpaired) electrons. The van der Waals surface area contributed by atoms with Gasteiger partial charge in [0, 0.05) is 17.7 Å². The quantitative estimate of drug-likeness (QED) is 0.228. The van der Waals surface area contributed by atoms with E-state index in [1.165, 1.54) is 18.2 Å². The second kappa shape index (κ2) is 10.1. The van der Waals surface area contributed by atoms with Gasteiger partial charge in [0.1, 0.15) is 40.8 Å². The number of phenolic OH excluding ortho intramolecular Hbond substituents is 2. The number of benzene rings is 2. The van der Waals surface area contributed by atoms with Crippen LogP contribution in [-0.2, 0) is 9.53 Å². The van der Waals surface area contributed by atoms with Crippen molar-refractivity contribution in [3.8, 4) is 40.1 Å². The Bertz CT molecular complexity index is 1380. The van der Waals surface area contributed by atoms with E-state index in [-0.39, 0.29) is 34.2 Å². The van der Waals surface area contributed by atoms with Crippen molar-refractivity contribution >= 4 is 16.9 Å². The Labute approximate surface area is 207 Å². The minimum Gasteiger partial charge on any atom is -0.507 e. The molecule has 1 aliphatic rings. The van der Waals surface area contributed by atoms with Crippen LogP contribution < -0.4 is 14.9 Å². The Kier molecular flexibility index (Phi) is 7.14. The predicted molar refractivity (Wildman–Crippen MR) is 124 cm³/mol. The highest BCUT2D eigenvalue weighted by molar-refractivity contribution is 5.88. The molecule has 13 heteroatoms. The molecular formula is C24H24O13. The van der Waals surface area contributed by atoms with Crippen molar-refractivity contribution < 1.29 is 59.2 Å². The highest BCUT2D eigenvalue weighted by atomic mass is 16.7. The molecule has 0 amide bonds. The van der Waals surface area contributed by atoms with Gasteiger partial charge in [-0.15, -0.1) is 0 Å². The summed E-state index contributed by atoms with van der Waals surface area (Å²) in [6.45, 7) is 2.24. The SMILES string of the molecule is CCCOc1ccc(-c2oc3cc(O[C@@H]4O[C@H](C(=O)O)[C@@H](O)[C@H](O)[C@H]4O)cc(O)c3c(=O)c2O)cc1O. The molecule has 0 aliphatic carbocycles. The zero-order chi connectivity index (χ0) is 27.0. The monoisotopic (exact) mass is 520 g/mol. The van der Waals surface area contributed by atoms with Crippen LogP contribution in [-0.4, -0.2) is 79.0 Å². The van der Waals surface area contributed by atoms with Crippen LogP contribution in [0, 0.1) is 0 Å². The molecule has 1 saturated heterocycles. The molecule has 13 nitrogen and oxygen atoms in total. The minimum atomic E-state index is -1.93. The van der Waals surface area contributed by atoms with Crippen LogP contribution in [0.25, 0.3) is 22.3 Å². The number of ether oxygens (including phenoxy) is 3. The number of carbonyl (C=O) groups is 1. The van der Waals surface area contributed by atoms with Crippen LogP contribution in [0.5, 0.6) is 28.7 Å². The third-order valence-electron chi connectivity index (χ3n) is 5.67. The summed E-state index contributed by atoms with van der Waals surface area (Å²) in [4.78, 5) is 24.1. The van der Waals surface area contributed by atoms with E-state index >= 15 is 0 Å². The van der Waals surface area contributed by atoms with E-state index in [1.54, 1.807) is 0 Å². The molecule has 0 spiro atoms. The van der Waals surface area contributed by atoms with Crippen molar-refractivity contribution in [2.75, 3.05) is 6.61 Å². The lowest BCUT2D eigenvalue weighted by Crippen LogP contribution is -2.61. The number of hydrogen-bond donors (Lipinski definition) is 7. The lowest BCUT2D eigenvalue weighted by Gasteiger charge is -2.38. The molecule has 5 atom stereocenters. The van der Waals surface area contributed by atoms with E-state index in [0.29, 0.717) is 13.0 Å². The molecule has 198 valence electrons. The van der Waals surface area contributed by atoms with Gasteiger partial charge in [0.15, 0.2) is 23.4 Å². The van der Waals surface area contributed by atoms with Gasteiger partial charge in [0.2, 0.25) is 17.5 Å². The van der Waals surface area contributed by atoms with Crippen molar-refractivity contribution in [3.05, 3.63) is 40.6 Å². The summed E-state index contributed by atoms with van der Waals surface area (Å²) in [5.74, 6) is -3.85. The number of aliphatic hydroxyl groups is 3. The van der Waals surface area contributed by atoms with Crippen LogP contribution >= 0.6 is 0 Å². The molecule has 1 aliphatic heterocycles. The number of aliphatic hydroxyl groups excluding tert-OH is 3. The Morgan fingerprint density at radius 1 is 1.00 bits per heavy atom. The van der Waals surface area contributed by atoms with E-state index in [0.717, 1.165) is 12.1 Å². The molecule has 37 heavy (non-hydrogen) atoms. The van der Waals surface area contributed by atoms with Crippen molar-refractivity contribution in [1.82, 2.24) is 0 Å². The van der Waals surface area contributed by atoms with E-state index in [2.05, 4.69) is 0 Å². The number of rotatable bonds is 7. The van der Waals surface area contributed by atoms with Crippen molar-refractivity contribution in [2.45, 2.75) is 44.1 Å². The Hall–Kier alpha value is -4.04. The van der Waals surface area contributed by atoms with Crippen LogP contribution in [0.1, 0.15) is 13.3 Å². The van der Waals surface area contributed by atoms with Gasteiger partial charge in [-0.2, -0.15) is 0 Å². The Morgan fingerprint density at radius 2 is 1.73 bits per heavy atom. The molecule has 3 aromatic rings. The topological polar surface area (TPSA) is 217 Å².